The van der Waals surface area contributed by atoms with E-state index in [2.05, 4.69) is 4.74 Å². The first kappa shape index (κ1) is 4.65. The van der Waals surface area contributed by atoms with Crippen LogP contribution < -0.4 is 10.1 Å². The molecule has 1 atom stereocenters. The monoisotopic (exact) mass is 229 g/mol. The van der Waals surface area contributed by atoms with Crippen molar-refractivity contribution in [1.82, 2.24) is 5.32 Å². The van der Waals surface area contributed by atoms with E-state index >= 15 is 0 Å². The van der Waals surface area contributed by atoms with Gasteiger partial charge in [-0.15, -0.1) is 0 Å². The van der Waals surface area contributed by atoms with E-state index in [0.717, 1.165) is 0 Å². The molecule has 0 spiro atoms. The van der Waals surface area contributed by atoms with E-state index in [4.69, 9.17) is 15.7 Å². The van der Waals surface area contributed by atoms with Crippen LogP contribution in [0.2, 0.25) is 0 Å². The summed E-state index contributed by atoms with van der Waals surface area (Å²) in [5, 5.41) is 1.68. The Bertz CT molecular complexity index is 694. The Labute approximate surface area is 106 Å². The number of carbonyl (C=O) groups is 1. The van der Waals surface area contributed by atoms with Crippen LogP contribution in [0.3, 0.4) is 0 Å². The fourth-order valence-corrected chi connectivity index (χ4v) is 1.16. The molecule has 1 fully saturated rings. The highest BCUT2D eigenvalue weighted by Gasteiger charge is 2.22. The molecule has 0 aromatic heterocycles. The van der Waals surface area contributed by atoms with E-state index in [1.807, 2.05) is 0 Å². The van der Waals surface area contributed by atoms with Gasteiger partial charge in [-0.25, -0.2) is 4.79 Å². The maximum absolute atomic E-state index is 11.2. The lowest BCUT2D eigenvalue weighted by atomic mass is 10.1. The van der Waals surface area contributed by atoms with Crippen molar-refractivity contribution in [2.45, 2.75) is 19.9 Å². The number of rotatable bonds is 3. The highest BCUT2D eigenvalue weighted by molar-refractivity contribution is 5.69. The molecule has 1 unspecified atom stereocenters. The molecule has 4 heteroatoms. The largest absolute Gasteiger partial charge is 0.490 e. The summed E-state index contributed by atoms with van der Waals surface area (Å²) < 4.78 is 71.9. The molecule has 1 N–H and O–H groups in total. The van der Waals surface area contributed by atoms with Crippen LogP contribution in [0.15, 0.2) is 18.1 Å². The van der Waals surface area contributed by atoms with E-state index < -0.39 is 43.1 Å². The van der Waals surface area contributed by atoms with Gasteiger partial charge in [0.15, 0.2) is 6.08 Å². The zero-order valence-electron chi connectivity index (χ0n) is 16.7. The summed E-state index contributed by atoms with van der Waals surface area (Å²) in [6.45, 7) is -3.28. The first-order valence-electron chi connectivity index (χ1n) is 8.52. The van der Waals surface area contributed by atoms with E-state index in [1.54, 1.807) is 5.32 Å². The summed E-state index contributed by atoms with van der Waals surface area (Å²) in [6.07, 6.45) is -4.43. The fraction of sp³-hybridized carbons (Fsp3) is 0.417. The Balaban J connectivity index is 2.53. The second-order valence-electron chi connectivity index (χ2n) is 3.13. The lowest BCUT2D eigenvalue weighted by Crippen LogP contribution is -2.21. The van der Waals surface area contributed by atoms with Gasteiger partial charge in [0.1, 0.15) is 12.3 Å². The standard InChI is InChI=1S/C12H15NO3/c1-8-3-9(2)5-10(4-8)15-7-11-6-13-12(14)16-11/h3-5,11H,6-7H2,1-2H3,(H,13,14)/i3D,4D,5D,6D2,7D2,11D. The number of cyclic esters (lactones) is 1. The molecule has 0 saturated carbocycles. The van der Waals surface area contributed by atoms with Crippen molar-refractivity contribution in [3.05, 3.63) is 29.3 Å². The first-order valence-corrected chi connectivity index (χ1v) is 4.52. The van der Waals surface area contributed by atoms with Crippen molar-refractivity contribution in [3.8, 4) is 5.75 Å². The molecule has 0 bridgehead atoms. The van der Waals surface area contributed by atoms with Crippen LogP contribution in [-0.2, 0) is 4.74 Å². The summed E-state index contributed by atoms with van der Waals surface area (Å²) in [6, 6.07) is -0.926. The molecule has 1 amide bonds. The molecule has 0 aliphatic carbocycles. The van der Waals surface area contributed by atoms with Crippen molar-refractivity contribution in [1.29, 1.82) is 0 Å². The molecule has 86 valence electrons. The van der Waals surface area contributed by atoms with E-state index in [0.29, 0.717) is 0 Å². The topological polar surface area (TPSA) is 47.6 Å². The number of nitrogens with one attached hydrogen (secondary N) is 1. The van der Waals surface area contributed by atoms with Crippen molar-refractivity contribution >= 4 is 6.09 Å². The van der Waals surface area contributed by atoms with Gasteiger partial charge >= 0.3 is 6.09 Å². The second kappa shape index (κ2) is 4.43. The molecular formula is C12H15NO3. The van der Waals surface area contributed by atoms with Crippen molar-refractivity contribution in [2.75, 3.05) is 13.1 Å². The SMILES string of the molecule is [2H]c1c(C)c([2H])c(OC([2H])([2H])C2([2H])OC(=O)NC2([2H])[2H])c([2H])c1C. The molecule has 1 aromatic rings. The molecule has 1 aliphatic heterocycles. The van der Waals surface area contributed by atoms with Gasteiger partial charge in [-0.05, 0) is 37.1 Å². The van der Waals surface area contributed by atoms with Gasteiger partial charge in [0.2, 0.25) is 0 Å². The van der Waals surface area contributed by atoms with Crippen LogP contribution in [0, 0.1) is 13.8 Å². The zero-order valence-corrected chi connectivity index (χ0v) is 8.72. The predicted octanol–water partition coefficient (Wildman–Crippen LogP) is 1.79. The Morgan fingerprint density at radius 1 is 1.69 bits per heavy atom. The number of alkyl carbamates (subject to hydrolysis) is 1. The minimum atomic E-state index is -3.22. The zero-order chi connectivity index (χ0) is 18.7. The van der Waals surface area contributed by atoms with Crippen LogP contribution in [0.4, 0.5) is 4.79 Å². The molecule has 1 aromatic carbocycles. The molecule has 4 nitrogen and oxygen atoms in total. The molecule has 2 rings (SSSR count). The number of ether oxygens (including phenoxy) is 2. The number of benzene rings is 1. The van der Waals surface area contributed by atoms with Gasteiger partial charge in [0, 0.05) is 0 Å². The molecular weight excluding hydrogens is 206 g/mol. The van der Waals surface area contributed by atoms with Crippen LogP contribution in [0.1, 0.15) is 22.1 Å². The highest BCUT2D eigenvalue weighted by atomic mass is 16.6. The quantitative estimate of drug-likeness (QED) is 0.859. The summed E-state index contributed by atoms with van der Waals surface area (Å²) in [7, 11) is 0. The molecule has 0 radical (unpaired) electrons. The number of hydrogen-bond donors (Lipinski definition) is 1. The highest BCUT2D eigenvalue weighted by Crippen LogP contribution is 2.16. The van der Waals surface area contributed by atoms with Crippen molar-refractivity contribution in [3.63, 3.8) is 0 Å². The minimum Gasteiger partial charge on any atom is -0.490 e. The average molecular weight is 229 g/mol. The normalized spacial score (nSPS) is 35.0. The van der Waals surface area contributed by atoms with E-state index in [1.165, 1.54) is 13.8 Å². The third-order valence-corrected chi connectivity index (χ3v) is 1.70. The maximum Gasteiger partial charge on any atom is 0.407 e. The van der Waals surface area contributed by atoms with Crippen LogP contribution in [-0.4, -0.2) is 25.2 Å². The fourth-order valence-electron chi connectivity index (χ4n) is 1.16. The molecule has 1 aliphatic rings. The Hall–Kier alpha value is -1.71. The number of hydrogen-bond acceptors (Lipinski definition) is 3. The summed E-state index contributed by atoms with van der Waals surface area (Å²) in [5.74, 6) is -0.559. The van der Waals surface area contributed by atoms with Gasteiger partial charge in [0.25, 0.3) is 0 Å². The molecule has 1 saturated heterocycles. The van der Waals surface area contributed by atoms with Crippen molar-refractivity contribution < 1.29 is 25.2 Å². The second-order valence-corrected chi connectivity index (χ2v) is 3.13. The smallest absolute Gasteiger partial charge is 0.407 e. The Kier molecular flexibility index (Phi) is 1.29. The van der Waals surface area contributed by atoms with E-state index in [-0.39, 0.29) is 17.2 Å². The summed E-state index contributed by atoms with van der Waals surface area (Å²) >= 11 is 0. The third kappa shape index (κ3) is 2.66. The van der Waals surface area contributed by atoms with Gasteiger partial charge in [-0.2, -0.15) is 0 Å². The third-order valence-electron chi connectivity index (χ3n) is 1.70. The van der Waals surface area contributed by atoms with E-state index in [9.17, 15) is 4.79 Å². The minimum absolute atomic E-state index is 0.0669. The Morgan fingerprint density at radius 3 is 2.94 bits per heavy atom. The van der Waals surface area contributed by atoms with Crippen molar-refractivity contribution in [2.24, 2.45) is 0 Å². The average Bonchev–Trinajstić information content (AvgIpc) is 2.68. The van der Waals surface area contributed by atoms with Gasteiger partial charge < -0.3 is 14.8 Å². The van der Waals surface area contributed by atoms with Crippen LogP contribution >= 0.6 is 0 Å². The number of carbonyl (C=O) groups excluding carboxylic acids is 1. The summed E-state index contributed by atoms with van der Waals surface area (Å²) in [5.41, 5.74) is 0.274. The molecule has 16 heavy (non-hydrogen) atoms. The Morgan fingerprint density at radius 2 is 2.38 bits per heavy atom. The number of amides is 1. The first-order chi connectivity index (χ1) is 10.7. The lowest BCUT2D eigenvalue weighted by Gasteiger charge is -2.11. The van der Waals surface area contributed by atoms with Gasteiger partial charge in [0.05, 0.1) is 17.5 Å². The maximum atomic E-state index is 11.2. The lowest BCUT2D eigenvalue weighted by molar-refractivity contribution is 0.105. The predicted molar refractivity (Wildman–Crippen MR) is 59.7 cm³/mol. The summed E-state index contributed by atoms with van der Waals surface area (Å²) in [4.78, 5) is 11.2. The molecule has 1 heterocycles. The van der Waals surface area contributed by atoms with Crippen LogP contribution in [0.5, 0.6) is 5.75 Å². The van der Waals surface area contributed by atoms with Crippen LogP contribution in [0.25, 0.3) is 0 Å². The van der Waals surface area contributed by atoms with Gasteiger partial charge in [-0.1, -0.05) is 6.04 Å². The van der Waals surface area contributed by atoms with Gasteiger partial charge in [-0.3, -0.25) is 0 Å².